The lowest BCUT2D eigenvalue weighted by Crippen LogP contribution is -2.03. The van der Waals surface area contributed by atoms with Gasteiger partial charge in [0.25, 0.3) is 0 Å². The van der Waals surface area contributed by atoms with Crippen molar-refractivity contribution in [3.05, 3.63) is 29.3 Å². The first-order valence-corrected chi connectivity index (χ1v) is 4.02. The van der Waals surface area contributed by atoms with Gasteiger partial charge in [-0.1, -0.05) is 12.1 Å². The van der Waals surface area contributed by atoms with Gasteiger partial charge in [0.1, 0.15) is 0 Å². The first-order chi connectivity index (χ1) is 5.61. The minimum Gasteiger partial charge on any atom is -0.312 e. The van der Waals surface area contributed by atoms with Crippen LogP contribution < -0.4 is 5.32 Å². The third kappa shape index (κ3) is 1.98. The number of amides is 1. The molecule has 0 radical (unpaired) electrons. The summed E-state index contributed by atoms with van der Waals surface area (Å²) in [6, 6.07) is 5.69. The summed E-state index contributed by atoms with van der Waals surface area (Å²) in [6.45, 7) is 3.93. The topological polar surface area (TPSA) is 29.1 Å². The van der Waals surface area contributed by atoms with Crippen molar-refractivity contribution < 1.29 is 4.79 Å². The van der Waals surface area contributed by atoms with Crippen molar-refractivity contribution in [2.75, 3.05) is 5.32 Å². The van der Waals surface area contributed by atoms with E-state index in [4.69, 9.17) is 11.6 Å². The molecule has 64 valence electrons. The molecule has 3 heteroatoms. The highest BCUT2D eigenvalue weighted by Crippen LogP contribution is 2.18. The predicted octanol–water partition coefficient (Wildman–Crippen LogP) is 3.07. The van der Waals surface area contributed by atoms with Gasteiger partial charge in [0.2, 0.25) is 0 Å². The Balaban J connectivity index is 3.00. The van der Waals surface area contributed by atoms with Gasteiger partial charge in [0.15, 0.2) is 0 Å². The van der Waals surface area contributed by atoms with E-state index in [1.807, 2.05) is 32.0 Å². The number of carbonyl (C=O) groups is 1. The lowest BCUT2D eigenvalue weighted by molar-refractivity contribution is 0.269. The minimum absolute atomic E-state index is 0.552. The summed E-state index contributed by atoms with van der Waals surface area (Å²) >= 11 is 5.19. The van der Waals surface area contributed by atoms with Crippen LogP contribution in [0.3, 0.4) is 0 Å². The summed E-state index contributed by atoms with van der Waals surface area (Å²) < 4.78 is 0. The number of halogens is 1. The number of carbonyl (C=O) groups excluding carboxylic acids is 1. The van der Waals surface area contributed by atoms with E-state index in [0.29, 0.717) is 0 Å². The van der Waals surface area contributed by atoms with Crippen LogP contribution in [0.15, 0.2) is 18.2 Å². The largest absolute Gasteiger partial charge is 0.318 e. The van der Waals surface area contributed by atoms with Crippen molar-refractivity contribution in [1.29, 1.82) is 0 Å². The van der Waals surface area contributed by atoms with Crippen molar-refractivity contribution >= 4 is 22.7 Å². The Bertz CT molecular complexity index is 309. The second-order valence-corrected chi connectivity index (χ2v) is 2.99. The molecule has 1 aromatic rings. The predicted molar refractivity (Wildman–Crippen MR) is 50.8 cm³/mol. The third-order valence-electron chi connectivity index (χ3n) is 1.84. The van der Waals surface area contributed by atoms with E-state index in [9.17, 15) is 4.79 Å². The van der Waals surface area contributed by atoms with Crippen molar-refractivity contribution in [1.82, 2.24) is 0 Å². The highest BCUT2D eigenvalue weighted by Gasteiger charge is 2.01. The molecule has 0 bridgehead atoms. The molecule has 1 amide bonds. The molecule has 0 aliphatic rings. The first kappa shape index (κ1) is 9.07. The third-order valence-corrected chi connectivity index (χ3v) is 1.93. The summed E-state index contributed by atoms with van der Waals surface area (Å²) in [5, 5.41) is 1.99. The molecule has 1 rings (SSSR count). The molecule has 0 spiro atoms. The molecule has 0 saturated carbocycles. The molecular formula is C9H10ClNO. The average molecular weight is 184 g/mol. The second-order valence-electron chi connectivity index (χ2n) is 2.65. The quantitative estimate of drug-likeness (QED) is 0.526. The lowest BCUT2D eigenvalue weighted by atomic mass is 10.1. The Morgan fingerprint density at radius 2 is 2.08 bits per heavy atom. The van der Waals surface area contributed by atoms with Gasteiger partial charge in [-0.3, -0.25) is 4.79 Å². The van der Waals surface area contributed by atoms with Crippen LogP contribution in [0.5, 0.6) is 0 Å². The van der Waals surface area contributed by atoms with Crippen LogP contribution in [0.2, 0.25) is 0 Å². The Morgan fingerprint density at radius 3 is 2.67 bits per heavy atom. The van der Waals surface area contributed by atoms with E-state index in [0.717, 1.165) is 16.8 Å². The average Bonchev–Trinajstić information content (AvgIpc) is 1.98. The van der Waals surface area contributed by atoms with Gasteiger partial charge in [-0.15, -0.1) is 0 Å². The van der Waals surface area contributed by atoms with E-state index in [1.54, 1.807) is 0 Å². The highest BCUT2D eigenvalue weighted by atomic mass is 35.5. The molecule has 2 nitrogen and oxygen atoms in total. The maximum atomic E-state index is 10.5. The first-order valence-electron chi connectivity index (χ1n) is 3.64. The second kappa shape index (κ2) is 3.59. The number of nitrogens with one attached hydrogen (secondary N) is 1. The monoisotopic (exact) mass is 183 g/mol. The normalized spacial score (nSPS) is 9.58. The van der Waals surface area contributed by atoms with Crippen LogP contribution >= 0.6 is 11.6 Å². The lowest BCUT2D eigenvalue weighted by Gasteiger charge is -2.06. The number of hydrogen-bond donors (Lipinski definition) is 1. The van der Waals surface area contributed by atoms with Gasteiger partial charge < -0.3 is 5.32 Å². The van der Waals surface area contributed by atoms with Gasteiger partial charge >= 0.3 is 5.37 Å². The van der Waals surface area contributed by atoms with Crippen LogP contribution in [-0.4, -0.2) is 5.37 Å². The Labute approximate surface area is 76.5 Å². The number of anilines is 1. The molecule has 1 aromatic carbocycles. The standard InChI is InChI=1S/C9H10ClNO/c1-6-4-3-5-8(7(6)2)11-9(10)12/h3-5H,1-2H3,(H,11,12). The Kier molecular flexibility index (Phi) is 2.71. The summed E-state index contributed by atoms with van der Waals surface area (Å²) in [5.74, 6) is 0. The van der Waals surface area contributed by atoms with E-state index in [1.165, 1.54) is 0 Å². The molecule has 12 heavy (non-hydrogen) atoms. The molecule has 1 N–H and O–H groups in total. The van der Waals surface area contributed by atoms with Crippen LogP contribution in [0.4, 0.5) is 10.5 Å². The summed E-state index contributed by atoms with van der Waals surface area (Å²) in [7, 11) is 0. The zero-order valence-corrected chi connectivity index (χ0v) is 7.77. The Hall–Kier alpha value is -1.02. The van der Waals surface area contributed by atoms with E-state index in [2.05, 4.69) is 5.32 Å². The van der Waals surface area contributed by atoms with Gasteiger partial charge in [-0.25, -0.2) is 0 Å². The fourth-order valence-electron chi connectivity index (χ4n) is 0.992. The van der Waals surface area contributed by atoms with Crippen molar-refractivity contribution in [3.63, 3.8) is 0 Å². The molecular weight excluding hydrogens is 174 g/mol. The SMILES string of the molecule is Cc1cccc(NC(=O)Cl)c1C. The molecule has 0 atom stereocenters. The van der Waals surface area contributed by atoms with E-state index >= 15 is 0 Å². The molecule has 0 aromatic heterocycles. The fraction of sp³-hybridized carbons (Fsp3) is 0.222. The van der Waals surface area contributed by atoms with Crippen molar-refractivity contribution in [2.24, 2.45) is 0 Å². The molecule has 0 fully saturated rings. The highest BCUT2D eigenvalue weighted by molar-refractivity contribution is 6.65. The number of hydrogen-bond acceptors (Lipinski definition) is 1. The van der Waals surface area contributed by atoms with Crippen molar-refractivity contribution in [3.8, 4) is 0 Å². The van der Waals surface area contributed by atoms with Gasteiger partial charge in [-0.05, 0) is 42.6 Å². The molecule has 0 aliphatic heterocycles. The summed E-state index contributed by atoms with van der Waals surface area (Å²) in [5.41, 5.74) is 2.96. The molecule has 0 saturated heterocycles. The maximum absolute atomic E-state index is 10.5. The number of aryl methyl sites for hydroxylation is 1. The summed E-state index contributed by atoms with van der Waals surface area (Å²) in [6.07, 6.45) is 0. The zero-order valence-electron chi connectivity index (χ0n) is 7.02. The zero-order chi connectivity index (χ0) is 9.14. The minimum atomic E-state index is -0.552. The molecule has 0 unspecified atom stereocenters. The fourth-order valence-corrected chi connectivity index (χ4v) is 1.09. The van der Waals surface area contributed by atoms with Gasteiger partial charge in [0.05, 0.1) is 0 Å². The van der Waals surface area contributed by atoms with E-state index < -0.39 is 5.37 Å². The summed E-state index contributed by atoms with van der Waals surface area (Å²) in [4.78, 5) is 10.5. The van der Waals surface area contributed by atoms with Crippen LogP contribution in [0.25, 0.3) is 0 Å². The van der Waals surface area contributed by atoms with Crippen LogP contribution in [0.1, 0.15) is 11.1 Å². The van der Waals surface area contributed by atoms with E-state index in [-0.39, 0.29) is 0 Å². The number of benzene rings is 1. The smallest absolute Gasteiger partial charge is 0.312 e. The van der Waals surface area contributed by atoms with Crippen LogP contribution in [0, 0.1) is 13.8 Å². The number of rotatable bonds is 1. The Morgan fingerprint density at radius 1 is 1.42 bits per heavy atom. The van der Waals surface area contributed by atoms with Crippen LogP contribution in [-0.2, 0) is 0 Å². The molecule has 0 heterocycles. The molecule has 0 aliphatic carbocycles. The van der Waals surface area contributed by atoms with Crippen molar-refractivity contribution in [2.45, 2.75) is 13.8 Å². The maximum Gasteiger partial charge on any atom is 0.318 e. The van der Waals surface area contributed by atoms with Gasteiger partial charge in [0, 0.05) is 5.69 Å². The van der Waals surface area contributed by atoms with Gasteiger partial charge in [-0.2, -0.15) is 0 Å².